The van der Waals surface area contributed by atoms with Crippen LogP contribution in [0.15, 0.2) is 41.4 Å². The van der Waals surface area contributed by atoms with E-state index in [1.54, 1.807) is 18.2 Å². The molecule has 224 valence electrons. The van der Waals surface area contributed by atoms with Crippen LogP contribution < -0.4 is 4.74 Å². The molecule has 42 heavy (non-hydrogen) atoms. The van der Waals surface area contributed by atoms with Gasteiger partial charge in [0.1, 0.15) is 36.0 Å². The second kappa shape index (κ2) is 13.0. The van der Waals surface area contributed by atoms with Crippen molar-refractivity contribution in [2.75, 3.05) is 19.7 Å². The van der Waals surface area contributed by atoms with Crippen LogP contribution in [0, 0.1) is 0 Å². The zero-order chi connectivity index (χ0) is 30.0. The molecule has 0 bridgehead atoms. The Morgan fingerprint density at radius 3 is 2.64 bits per heavy atom. The molecule has 1 amide bonds. The van der Waals surface area contributed by atoms with E-state index in [0.717, 1.165) is 5.01 Å². The highest BCUT2D eigenvalue weighted by Crippen LogP contribution is 2.42. The molecule has 2 aromatic heterocycles. The first-order chi connectivity index (χ1) is 20.1. The summed E-state index contributed by atoms with van der Waals surface area (Å²) >= 11 is 14.1. The standard InChI is InChI=1S/C27H25Cl2F4N5O3S/c1-2-7-40-21-9-15(28)8-16(29)24(21)22-11-17(36-41-22)19-13-42-27(34-19)14-3-5-37(6-4-14)23(39)12-38-20(26(32)33)10-18(35-38)25(30)31/h2,8-10,13-14,22,25-26H,1,3-7,11-12H2. The third kappa shape index (κ3) is 6.57. The zero-order valence-corrected chi connectivity index (χ0v) is 24.3. The lowest BCUT2D eigenvalue weighted by atomic mass is 9.97. The summed E-state index contributed by atoms with van der Waals surface area (Å²) in [5, 5.41) is 11.4. The molecule has 0 N–H and O–H groups in total. The number of benzene rings is 1. The van der Waals surface area contributed by atoms with Crippen LogP contribution in [0.1, 0.15) is 71.8 Å². The minimum atomic E-state index is -3.02. The Morgan fingerprint density at radius 2 is 1.95 bits per heavy atom. The van der Waals surface area contributed by atoms with Gasteiger partial charge in [-0.15, -0.1) is 11.3 Å². The fourth-order valence-electron chi connectivity index (χ4n) is 4.90. The molecule has 15 heteroatoms. The smallest absolute Gasteiger partial charge is 0.282 e. The molecule has 1 saturated heterocycles. The van der Waals surface area contributed by atoms with Crippen LogP contribution in [0.3, 0.4) is 0 Å². The van der Waals surface area contributed by atoms with Crippen LogP contribution in [0.5, 0.6) is 5.75 Å². The highest BCUT2D eigenvalue weighted by Gasteiger charge is 2.32. The normalized spacial score (nSPS) is 17.6. The van der Waals surface area contributed by atoms with Gasteiger partial charge in [0.05, 0.1) is 21.3 Å². The number of hydrogen-bond donors (Lipinski definition) is 0. The Morgan fingerprint density at radius 1 is 1.19 bits per heavy atom. The topological polar surface area (TPSA) is 81.8 Å². The van der Waals surface area contributed by atoms with Crippen LogP contribution in [-0.2, 0) is 16.2 Å². The van der Waals surface area contributed by atoms with Crippen molar-refractivity contribution in [1.82, 2.24) is 19.7 Å². The van der Waals surface area contributed by atoms with Crippen molar-refractivity contribution < 1.29 is 31.9 Å². The van der Waals surface area contributed by atoms with Crippen molar-refractivity contribution in [2.45, 2.75) is 50.7 Å². The molecule has 8 nitrogen and oxygen atoms in total. The van der Waals surface area contributed by atoms with E-state index in [-0.39, 0.29) is 12.5 Å². The van der Waals surface area contributed by atoms with Gasteiger partial charge in [0.2, 0.25) is 5.91 Å². The molecule has 2 aliphatic heterocycles. The molecule has 0 radical (unpaired) electrons. The number of alkyl halides is 4. The van der Waals surface area contributed by atoms with E-state index < -0.39 is 42.8 Å². The zero-order valence-electron chi connectivity index (χ0n) is 22.0. The van der Waals surface area contributed by atoms with Gasteiger partial charge < -0.3 is 14.5 Å². The SMILES string of the molecule is C=CCOc1cc(Cl)cc(Cl)c1C1CC(c2csc(C3CCN(C(=O)Cn4nc(C(F)F)cc4C(F)F)CC3)n2)=NO1. The lowest BCUT2D eigenvalue weighted by Crippen LogP contribution is -2.40. The van der Waals surface area contributed by atoms with Crippen molar-refractivity contribution in [3.8, 4) is 5.75 Å². The number of rotatable bonds is 10. The molecule has 1 fully saturated rings. The van der Waals surface area contributed by atoms with E-state index in [0.29, 0.717) is 75.9 Å². The highest BCUT2D eigenvalue weighted by atomic mass is 35.5. The summed E-state index contributed by atoms with van der Waals surface area (Å²) in [6.07, 6.45) is -3.26. The molecular weight excluding hydrogens is 621 g/mol. The number of halogens is 6. The number of hydrogen-bond acceptors (Lipinski definition) is 7. The van der Waals surface area contributed by atoms with Gasteiger partial charge in [0.15, 0.2) is 6.10 Å². The average molecular weight is 646 g/mol. The van der Waals surface area contributed by atoms with Gasteiger partial charge in [-0.2, -0.15) is 5.10 Å². The summed E-state index contributed by atoms with van der Waals surface area (Å²) in [5.74, 6) is 0.115. The fraction of sp³-hybridized carbons (Fsp3) is 0.407. The lowest BCUT2D eigenvalue weighted by molar-refractivity contribution is -0.133. The van der Waals surface area contributed by atoms with Gasteiger partial charge in [-0.1, -0.05) is 41.0 Å². The second-order valence-electron chi connectivity index (χ2n) is 9.71. The minimum Gasteiger partial charge on any atom is -0.489 e. The number of nitrogens with zero attached hydrogens (tertiary/aromatic N) is 5. The Bertz CT molecular complexity index is 1490. The molecule has 0 spiro atoms. The first kappa shape index (κ1) is 30.3. The van der Waals surface area contributed by atoms with Gasteiger partial charge >= 0.3 is 0 Å². The van der Waals surface area contributed by atoms with Crippen molar-refractivity contribution in [1.29, 1.82) is 0 Å². The largest absolute Gasteiger partial charge is 0.489 e. The Labute approximate surface area is 252 Å². The summed E-state index contributed by atoms with van der Waals surface area (Å²) in [6.45, 7) is 4.15. The number of carbonyl (C=O) groups is 1. The molecule has 0 aliphatic carbocycles. The Kier molecular flexibility index (Phi) is 9.38. The van der Waals surface area contributed by atoms with Gasteiger partial charge in [0, 0.05) is 35.8 Å². The lowest BCUT2D eigenvalue weighted by Gasteiger charge is -2.31. The predicted octanol–water partition coefficient (Wildman–Crippen LogP) is 7.36. The quantitative estimate of drug-likeness (QED) is 0.170. The number of likely N-dealkylation sites (tertiary alicyclic amines) is 1. The second-order valence-corrected chi connectivity index (χ2v) is 11.4. The van der Waals surface area contributed by atoms with Crippen LogP contribution in [0.25, 0.3) is 0 Å². The van der Waals surface area contributed by atoms with E-state index in [9.17, 15) is 22.4 Å². The molecule has 1 unspecified atom stereocenters. The van der Waals surface area contributed by atoms with E-state index >= 15 is 0 Å². The van der Waals surface area contributed by atoms with Crippen molar-refractivity contribution >= 4 is 46.2 Å². The van der Waals surface area contributed by atoms with Crippen LogP contribution in [0.2, 0.25) is 10.0 Å². The van der Waals surface area contributed by atoms with E-state index in [2.05, 4.69) is 16.8 Å². The predicted molar refractivity (Wildman–Crippen MR) is 150 cm³/mol. The number of amides is 1. The molecule has 0 saturated carbocycles. The summed E-state index contributed by atoms with van der Waals surface area (Å²) in [5.41, 5.74) is 0.493. The minimum absolute atomic E-state index is 0.0860. The number of piperidine rings is 1. The number of oxime groups is 1. The average Bonchev–Trinajstić information content (AvgIpc) is 3.71. The molecule has 1 aromatic carbocycles. The van der Waals surface area contributed by atoms with Crippen molar-refractivity contribution in [2.24, 2.45) is 5.16 Å². The van der Waals surface area contributed by atoms with Crippen LogP contribution >= 0.6 is 34.5 Å². The number of ether oxygens (including phenoxy) is 1. The van der Waals surface area contributed by atoms with Gasteiger partial charge in [0.25, 0.3) is 12.9 Å². The van der Waals surface area contributed by atoms with Crippen molar-refractivity contribution in [3.63, 3.8) is 0 Å². The summed E-state index contributed by atoms with van der Waals surface area (Å²) in [7, 11) is 0. The third-order valence-corrected chi connectivity index (χ3v) is 8.52. The Balaban J connectivity index is 1.19. The third-order valence-electron chi connectivity index (χ3n) is 6.98. The summed E-state index contributed by atoms with van der Waals surface area (Å²) in [4.78, 5) is 24.8. The van der Waals surface area contributed by atoms with Gasteiger partial charge in [-0.25, -0.2) is 22.5 Å². The maximum absolute atomic E-state index is 13.3. The van der Waals surface area contributed by atoms with Crippen LogP contribution in [-0.4, -0.2) is 51.0 Å². The van der Waals surface area contributed by atoms with Gasteiger partial charge in [-0.05, 0) is 31.0 Å². The summed E-state index contributed by atoms with van der Waals surface area (Å²) in [6, 6.07) is 3.92. The van der Waals surface area contributed by atoms with E-state index in [4.69, 9.17) is 37.8 Å². The van der Waals surface area contributed by atoms with Crippen LogP contribution in [0.4, 0.5) is 17.6 Å². The molecule has 4 heterocycles. The molecule has 2 aliphatic rings. The highest BCUT2D eigenvalue weighted by molar-refractivity contribution is 7.10. The van der Waals surface area contributed by atoms with Gasteiger partial charge in [-0.3, -0.25) is 9.48 Å². The number of thiazole rings is 1. The molecule has 3 aromatic rings. The summed E-state index contributed by atoms with van der Waals surface area (Å²) < 4.78 is 58.9. The fourth-order valence-corrected chi connectivity index (χ4v) is 6.49. The Hall–Kier alpha value is -3.16. The maximum atomic E-state index is 13.3. The molecular formula is C27H25Cl2F4N5O3S. The first-order valence-corrected chi connectivity index (χ1v) is 14.6. The number of aromatic nitrogens is 3. The first-order valence-electron chi connectivity index (χ1n) is 13.0. The maximum Gasteiger partial charge on any atom is 0.282 e. The van der Waals surface area contributed by atoms with Crippen molar-refractivity contribution in [3.05, 3.63) is 73.9 Å². The monoisotopic (exact) mass is 645 g/mol. The van der Waals surface area contributed by atoms with E-state index in [1.807, 2.05) is 5.38 Å². The molecule has 1 atom stereocenters. The molecule has 5 rings (SSSR count). The van der Waals surface area contributed by atoms with E-state index in [1.165, 1.54) is 16.2 Å². The number of carbonyl (C=O) groups excluding carboxylic acids is 1.